The van der Waals surface area contributed by atoms with E-state index in [0.717, 1.165) is 85.4 Å². The van der Waals surface area contributed by atoms with E-state index >= 15 is 0 Å². The molecule has 6 aromatic rings. The monoisotopic (exact) mass is 1180 g/mol. The zero-order chi connectivity index (χ0) is 57.7. The molecule has 2 saturated heterocycles. The van der Waals surface area contributed by atoms with Crippen LogP contribution in [0, 0.1) is 36.5 Å². The number of aliphatic hydroxyl groups is 1. The number of hydrogen-bond acceptors (Lipinski definition) is 15. The first-order valence-electron chi connectivity index (χ1n) is 28.5. The Morgan fingerprint density at radius 2 is 0.988 bits per heavy atom. The Morgan fingerprint density at radius 3 is 1.37 bits per heavy atom. The molecule has 4 aliphatic carbocycles. The molecular weight excluding hydrogens is 1100 g/mol. The van der Waals surface area contributed by atoms with Crippen LogP contribution in [0.1, 0.15) is 94.6 Å². The van der Waals surface area contributed by atoms with Crippen LogP contribution in [0.25, 0.3) is 0 Å². The number of nitrogens with one attached hydrogen (secondary N) is 4. The van der Waals surface area contributed by atoms with E-state index in [9.17, 15) is 13.9 Å². The van der Waals surface area contributed by atoms with Crippen molar-refractivity contribution in [2.45, 2.75) is 103 Å². The summed E-state index contributed by atoms with van der Waals surface area (Å²) in [4.78, 5) is 34.5. The largest absolute Gasteiger partial charge is 0.400 e. The fourth-order valence-corrected chi connectivity index (χ4v) is 14.4. The molecule has 2 spiro atoms. The Morgan fingerprint density at radius 1 is 0.593 bits per heavy atom. The highest BCUT2D eigenvalue weighted by molar-refractivity contribution is 7.70. The van der Waals surface area contributed by atoms with E-state index in [0.29, 0.717) is 61.9 Å². The van der Waals surface area contributed by atoms with Gasteiger partial charge in [0.15, 0.2) is 11.6 Å². The minimum atomic E-state index is -2.49. The van der Waals surface area contributed by atoms with Gasteiger partial charge in [-0.3, -0.25) is 4.79 Å². The topological polar surface area (TPSA) is 204 Å². The number of nitrogens with two attached hydrogens (primary N) is 1. The summed E-state index contributed by atoms with van der Waals surface area (Å²) in [5, 5.41) is 22.4. The van der Waals surface area contributed by atoms with Crippen LogP contribution in [0.3, 0.4) is 0 Å². The van der Waals surface area contributed by atoms with E-state index in [1.54, 1.807) is 39.1 Å². The van der Waals surface area contributed by atoms with Crippen molar-refractivity contribution < 1.29 is 19.0 Å². The normalized spacial score (nSPS) is 18.2. The lowest BCUT2D eigenvalue weighted by Crippen LogP contribution is -2.58. The van der Waals surface area contributed by atoms with E-state index in [-0.39, 0.29) is 0 Å². The van der Waals surface area contributed by atoms with Crippen molar-refractivity contribution in [1.82, 2.24) is 19.9 Å². The number of nitrogens with zero attached hydrogens (tertiary/aromatic N) is 6. The molecule has 12 rings (SSSR count). The number of ketones is 1. The van der Waals surface area contributed by atoms with E-state index in [1.165, 1.54) is 93.4 Å². The number of para-hydroxylation sites is 2. The molecule has 4 saturated carbocycles. The molecule has 0 radical (unpaired) electrons. The van der Waals surface area contributed by atoms with Gasteiger partial charge >= 0.3 is 0 Å². The minimum Gasteiger partial charge on any atom is -0.400 e. The van der Waals surface area contributed by atoms with Crippen LogP contribution < -0.4 is 47.4 Å². The molecule has 2 aliphatic heterocycles. The number of anilines is 10. The second kappa shape index (κ2) is 25.5. The highest BCUT2D eigenvalue weighted by Crippen LogP contribution is 2.51. The van der Waals surface area contributed by atoms with Crippen LogP contribution in [0.15, 0.2) is 97.3 Å². The van der Waals surface area contributed by atoms with Gasteiger partial charge in [-0.2, -0.15) is 9.97 Å². The molecule has 0 unspecified atom stereocenters. The maximum atomic E-state index is 12.8. The van der Waals surface area contributed by atoms with Crippen molar-refractivity contribution >= 4 is 112 Å². The van der Waals surface area contributed by atoms with Crippen LogP contribution in [0.5, 0.6) is 0 Å². The zero-order valence-electron chi connectivity index (χ0n) is 48.1. The van der Waals surface area contributed by atoms with Gasteiger partial charge in [0.1, 0.15) is 30.1 Å². The van der Waals surface area contributed by atoms with Gasteiger partial charge in [0, 0.05) is 96.4 Å². The average molecular weight is 1180 g/mol. The molecule has 0 atom stereocenters. The lowest BCUT2D eigenvalue weighted by atomic mass is 9.65. The number of aryl methyl sites for hydroxylation is 2. The third-order valence-electron chi connectivity index (χ3n) is 16.7. The Labute approximate surface area is 489 Å². The molecule has 6 aliphatic rings. The molecule has 6 fully saturated rings. The Bertz CT molecular complexity index is 3280. The van der Waals surface area contributed by atoms with E-state index in [1.807, 2.05) is 54.6 Å². The first-order chi connectivity index (χ1) is 38.7. The lowest BCUT2D eigenvalue weighted by Gasteiger charge is -2.55. The summed E-state index contributed by atoms with van der Waals surface area (Å²) in [6, 6.07) is 28.4. The summed E-state index contributed by atoms with van der Waals surface area (Å²) >= 11 is 12.8. The molecule has 0 bridgehead atoms. The van der Waals surface area contributed by atoms with Gasteiger partial charge in [-0.1, -0.05) is 60.3 Å². The van der Waals surface area contributed by atoms with Crippen molar-refractivity contribution in [2.75, 3.05) is 91.0 Å². The number of aromatic nitrogens is 4. The highest BCUT2D eigenvalue weighted by atomic mass is 35.5. The highest BCUT2D eigenvalue weighted by Gasteiger charge is 2.47. The van der Waals surface area contributed by atoms with Gasteiger partial charge in [0.2, 0.25) is 11.9 Å². The van der Waals surface area contributed by atoms with Gasteiger partial charge in [-0.25, -0.2) is 9.97 Å². The molecule has 7 N–H and O–H groups in total. The first kappa shape index (κ1) is 60.1. The SMILES string of the molecule is CO.Cc1cc(Nc2ncc(Cl)c(Nc3ccccc3P(C)(C)=O)n2)ccc1N1CC2(CCC(=O)CC2)C1.Cc1cc(Nc2ncc(Cl)c(Nc3ccccc3P(C)(C)=O)n2)ccc1N1CC2(CCC(CC3CC3)CC2)C1.NC1CC1. The van der Waals surface area contributed by atoms with Crippen molar-refractivity contribution in [3.63, 3.8) is 0 Å². The molecule has 2 aromatic heterocycles. The number of halogens is 2. The molecule has 19 heteroatoms. The van der Waals surface area contributed by atoms with Gasteiger partial charge in [-0.05, 0) is 182 Å². The fourth-order valence-electron chi connectivity index (χ4n) is 11.8. The van der Waals surface area contributed by atoms with Gasteiger partial charge in [0.25, 0.3) is 0 Å². The smallest absolute Gasteiger partial charge is 0.229 e. The van der Waals surface area contributed by atoms with Gasteiger partial charge in [-0.15, -0.1) is 0 Å². The van der Waals surface area contributed by atoms with Crippen molar-refractivity contribution in [3.8, 4) is 0 Å². The maximum Gasteiger partial charge on any atom is 0.229 e. The van der Waals surface area contributed by atoms with E-state index in [4.69, 9.17) is 34.0 Å². The molecule has 0 amide bonds. The quantitative estimate of drug-likeness (QED) is 0.0562. The fraction of sp³-hybridized carbons (Fsp3) is 0.468. The number of benzene rings is 4. The standard InChI is InChI=1S/C31H39ClN5OP.C27H31ClN5O2P.C3H7N.CH4O/c1-21-16-24(10-11-27(21)37-19-31(20-37)14-12-23(13-15-31)17-22-8-9-22)34-30-33-18-25(32)29(36-30)35-26-6-4-5-7-28(26)39(2,3)38;1-18-14-19(8-9-23(18)33-16-27(17-33)12-10-20(34)11-13-27)30-26-29-15-21(28)25(32-26)31-22-6-4-5-7-24(22)36(2,3)35;4-3-1-2-3;1-2/h4-7,10-11,16,18,22-23H,8-9,12-15,17,19-20H2,1-3H3,(H2,33,34,35,36);4-9,14-15H,10-13,16-17H2,1-3H3,(H2,29,30,31,32);3H,1-2,4H2;2H,1H3. The number of rotatable bonds is 14. The zero-order valence-corrected chi connectivity index (χ0v) is 51.4. The van der Waals surface area contributed by atoms with Crippen molar-refractivity contribution in [1.29, 1.82) is 0 Å². The minimum absolute atomic E-state index is 0.319. The summed E-state index contributed by atoms with van der Waals surface area (Å²) in [6.07, 6.45) is 19.3. The van der Waals surface area contributed by atoms with Crippen molar-refractivity contribution in [2.24, 2.45) is 28.4 Å². The van der Waals surface area contributed by atoms with Gasteiger partial charge in [0.05, 0.1) is 23.8 Å². The summed E-state index contributed by atoms with van der Waals surface area (Å²) in [5.74, 6) is 4.25. The Kier molecular flexibility index (Phi) is 18.9. The van der Waals surface area contributed by atoms with Crippen LogP contribution >= 0.6 is 37.5 Å². The molecule has 81 heavy (non-hydrogen) atoms. The summed E-state index contributed by atoms with van der Waals surface area (Å²) in [6.45, 7) is 15.7. The predicted molar refractivity (Wildman–Crippen MR) is 338 cm³/mol. The average Bonchev–Trinajstić information content (AvgIpc) is 4.46. The Hall–Kier alpha value is -5.53. The Balaban J connectivity index is 0.000000178. The molecule has 15 nitrogen and oxygen atoms in total. The molecule has 432 valence electrons. The summed E-state index contributed by atoms with van der Waals surface area (Å²) in [7, 11) is -3.96. The van der Waals surface area contributed by atoms with Crippen LogP contribution in [-0.2, 0) is 13.9 Å². The lowest BCUT2D eigenvalue weighted by molar-refractivity contribution is -0.122. The first-order valence-corrected chi connectivity index (χ1v) is 34.5. The molecular formula is C62H81Cl2N11O4P2. The molecule has 4 aromatic carbocycles. The van der Waals surface area contributed by atoms with Crippen LogP contribution in [-0.4, -0.2) is 96.8 Å². The maximum absolute atomic E-state index is 12.8. The van der Waals surface area contributed by atoms with Gasteiger partial charge < -0.3 is 51.0 Å². The van der Waals surface area contributed by atoms with E-state index in [2.05, 4.69) is 95.2 Å². The third kappa shape index (κ3) is 15.6. The van der Waals surface area contributed by atoms with E-state index < -0.39 is 14.3 Å². The number of Topliss-reactive ketones (excluding diaryl/α,β-unsaturated/α-hetero) is 1. The number of aliphatic hydroxyl groups excluding tert-OH is 1. The summed E-state index contributed by atoms with van der Waals surface area (Å²) < 4.78 is 25.5. The number of hydrogen-bond donors (Lipinski definition) is 6. The summed E-state index contributed by atoms with van der Waals surface area (Å²) in [5.41, 5.74) is 14.3. The van der Waals surface area contributed by atoms with Crippen LogP contribution in [0.4, 0.5) is 57.7 Å². The second-order valence-corrected chi connectivity index (χ2v) is 31.4. The predicted octanol–water partition coefficient (Wildman–Crippen LogP) is 13.8. The third-order valence-corrected chi connectivity index (χ3v) is 20.3. The van der Waals surface area contributed by atoms with Crippen LogP contribution in [0.2, 0.25) is 10.0 Å². The second-order valence-electron chi connectivity index (χ2n) is 24.2. The number of carbonyl (C=O) groups excluding carboxylic acids is 1. The molecule has 4 heterocycles. The van der Waals surface area contributed by atoms with Crippen molar-refractivity contribution in [3.05, 3.63) is 118 Å². The number of carbonyl (C=O) groups is 1.